The molecule has 22 heavy (non-hydrogen) atoms. The highest BCUT2D eigenvalue weighted by atomic mass is 16.5. The van der Waals surface area contributed by atoms with Gasteiger partial charge in [-0.15, -0.1) is 0 Å². The van der Waals surface area contributed by atoms with E-state index >= 15 is 0 Å². The zero-order chi connectivity index (χ0) is 16.8. The van der Waals surface area contributed by atoms with Crippen molar-refractivity contribution in [2.45, 2.75) is 79.1 Å². The molecule has 0 heterocycles. The number of hydrogen-bond acceptors (Lipinski definition) is 4. The average Bonchev–Trinajstić information content (AvgIpc) is 2.50. The summed E-state index contributed by atoms with van der Waals surface area (Å²) in [5.74, 6) is -0.729. The van der Waals surface area contributed by atoms with E-state index in [2.05, 4.69) is 13.8 Å². The highest BCUT2D eigenvalue weighted by molar-refractivity contribution is 6.00. The molecule has 0 unspecified atom stereocenters. The molecule has 0 radical (unpaired) electrons. The van der Waals surface area contributed by atoms with Crippen molar-refractivity contribution in [2.24, 2.45) is 0 Å². The van der Waals surface area contributed by atoms with Crippen LogP contribution in [0.1, 0.15) is 79.1 Å². The molecule has 0 atom stereocenters. The Balaban J connectivity index is 5.23. The van der Waals surface area contributed by atoms with Gasteiger partial charge in [0.05, 0.1) is 13.2 Å². The van der Waals surface area contributed by atoms with Gasteiger partial charge in [-0.1, -0.05) is 39.5 Å². The SMILES string of the molecule is CCCCCC/C(C(=O)OCC)=C(\CCCC)C(=O)OCC. The van der Waals surface area contributed by atoms with Gasteiger partial charge >= 0.3 is 11.9 Å². The van der Waals surface area contributed by atoms with Crippen LogP contribution in [0.5, 0.6) is 0 Å². The van der Waals surface area contributed by atoms with E-state index < -0.39 is 0 Å². The first-order valence-electron chi connectivity index (χ1n) is 8.68. The van der Waals surface area contributed by atoms with Gasteiger partial charge in [0.2, 0.25) is 0 Å². The number of carbonyl (C=O) groups excluding carboxylic acids is 2. The minimum Gasteiger partial charge on any atom is -0.463 e. The summed E-state index contributed by atoms with van der Waals surface area (Å²) in [6.45, 7) is 8.41. The molecule has 0 aromatic carbocycles. The summed E-state index contributed by atoms with van der Waals surface area (Å²) in [4.78, 5) is 24.4. The molecule has 0 aliphatic rings. The maximum Gasteiger partial charge on any atom is 0.334 e. The second kappa shape index (κ2) is 13.4. The molecule has 0 N–H and O–H groups in total. The first-order chi connectivity index (χ1) is 10.6. The van der Waals surface area contributed by atoms with Gasteiger partial charge in [-0.05, 0) is 39.5 Å². The molecule has 4 heteroatoms. The second-order valence-electron chi connectivity index (χ2n) is 5.31. The van der Waals surface area contributed by atoms with E-state index in [9.17, 15) is 9.59 Å². The Kier molecular flexibility index (Phi) is 12.5. The molecule has 128 valence electrons. The molecule has 0 saturated heterocycles. The summed E-state index contributed by atoms with van der Waals surface area (Å²) < 4.78 is 10.3. The quantitative estimate of drug-likeness (QED) is 0.301. The summed E-state index contributed by atoms with van der Waals surface area (Å²) in [6, 6.07) is 0. The fraction of sp³-hybridized carbons (Fsp3) is 0.778. The maximum absolute atomic E-state index is 12.2. The van der Waals surface area contributed by atoms with Crippen molar-refractivity contribution in [3.05, 3.63) is 11.1 Å². The Labute approximate surface area is 135 Å². The van der Waals surface area contributed by atoms with Gasteiger partial charge in [0.25, 0.3) is 0 Å². The number of ether oxygens (including phenoxy) is 2. The molecule has 0 saturated carbocycles. The Morgan fingerprint density at radius 1 is 0.636 bits per heavy atom. The van der Waals surface area contributed by atoms with Gasteiger partial charge in [0.1, 0.15) is 0 Å². The molecule has 0 aliphatic heterocycles. The lowest BCUT2D eigenvalue weighted by molar-refractivity contribution is -0.142. The highest BCUT2D eigenvalue weighted by Gasteiger charge is 2.22. The Bertz CT molecular complexity index is 358. The van der Waals surface area contributed by atoms with Crippen molar-refractivity contribution in [3.63, 3.8) is 0 Å². The van der Waals surface area contributed by atoms with Gasteiger partial charge in [-0.25, -0.2) is 9.59 Å². The highest BCUT2D eigenvalue weighted by Crippen LogP contribution is 2.22. The van der Waals surface area contributed by atoms with E-state index in [1.165, 1.54) is 0 Å². The molecule has 0 spiro atoms. The van der Waals surface area contributed by atoms with Crippen LogP contribution in [-0.4, -0.2) is 25.2 Å². The predicted octanol–water partition coefficient (Wildman–Crippen LogP) is 4.57. The van der Waals surface area contributed by atoms with Crippen LogP contribution < -0.4 is 0 Å². The number of hydrogen-bond donors (Lipinski definition) is 0. The molecular weight excluding hydrogens is 280 g/mol. The third kappa shape index (κ3) is 8.20. The van der Waals surface area contributed by atoms with Crippen LogP contribution >= 0.6 is 0 Å². The minimum atomic E-state index is -0.366. The van der Waals surface area contributed by atoms with E-state index in [0.717, 1.165) is 38.5 Å². The number of rotatable bonds is 12. The maximum atomic E-state index is 12.2. The summed E-state index contributed by atoms with van der Waals surface area (Å²) in [6.07, 6.45) is 7.24. The number of unbranched alkanes of at least 4 members (excludes halogenated alkanes) is 4. The molecule has 0 aromatic heterocycles. The van der Waals surface area contributed by atoms with Crippen LogP contribution in [0.2, 0.25) is 0 Å². The lowest BCUT2D eigenvalue weighted by Crippen LogP contribution is -2.17. The standard InChI is InChI=1S/C18H32O4/c1-5-9-11-12-14-16(18(20)22-8-4)15(13-10-6-2)17(19)21-7-3/h5-14H2,1-4H3/b16-15-. The third-order valence-electron chi connectivity index (χ3n) is 3.47. The minimum absolute atomic E-state index is 0.320. The fourth-order valence-electron chi connectivity index (χ4n) is 2.27. The molecule has 0 fully saturated rings. The number of carbonyl (C=O) groups is 2. The van der Waals surface area contributed by atoms with Gasteiger partial charge in [0, 0.05) is 11.1 Å². The zero-order valence-electron chi connectivity index (χ0n) is 14.7. The number of esters is 2. The summed E-state index contributed by atoms with van der Waals surface area (Å²) in [5.41, 5.74) is 1.03. The van der Waals surface area contributed by atoms with Crippen LogP contribution in [0.4, 0.5) is 0 Å². The average molecular weight is 312 g/mol. The second-order valence-corrected chi connectivity index (χ2v) is 5.31. The van der Waals surface area contributed by atoms with Crippen molar-refractivity contribution in [3.8, 4) is 0 Å². The topological polar surface area (TPSA) is 52.6 Å². The van der Waals surface area contributed by atoms with Crippen molar-refractivity contribution < 1.29 is 19.1 Å². The fourth-order valence-corrected chi connectivity index (χ4v) is 2.27. The van der Waals surface area contributed by atoms with Crippen LogP contribution in [-0.2, 0) is 19.1 Å². The van der Waals surface area contributed by atoms with E-state index in [0.29, 0.717) is 37.2 Å². The van der Waals surface area contributed by atoms with E-state index in [1.807, 2.05) is 0 Å². The normalized spacial score (nSPS) is 11.8. The lowest BCUT2D eigenvalue weighted by Gasteiger charge is -2.14. The molecule has 0 rings (SSSR count). The molecular formula is C18H32O4. The zero-order valence-corrected chi connectivity index (χ0v) is 14.7. The molecule has 0 aromatic rings. The van der Waals surface area contributed by atoms with Crippen molar-refractivity contribution in [2.75, 3.05) is 13.2 Å². The van der Waals surface area contributed by atoms with E-state index in [1.54, 1.807) is 13.8 Å². The van der Waals surface area contributed by atoms with E-state index in [4.69, 9.17) is 9.47 Å². The molecule has 4 nitrogen and oxygen atoms in total. The summed E-state index contributed by atoms with van der Waals surface area (Å²) in [5, 5.41) is 0. The van der Waals surface area contributed by atoms with Crippen LogP contribution in [0.15, 0.2) is 11.1 Å². The van der Waals surface area contributed by atoms with Crippen LogP contribution in [0.3, 0.4) is 0 Å². The van der Waals surface area contributed by atoms with Crippen LogP contribution in [0, 0.1) is 0 Å². The Morgan fingerprint density at radius 2 is 1.09 bits per heavy atom. The summed E-state index contributed by atoms with van der Waals surface area (Å²) in [7, 11) is 0. The van der Waals surface area contributed by atoms with Gasteiger partial charge in [0.15, 0.2) is 0 Å². The Hall–Kier alpha value is -1.32. The summed E-state index contributed by atoms with van der Waals surface area (Å²) >= 11 is 0. The largest absolute Gasteiger partial charge is 0.463 e. The first-order valence-corrected chi connectivity index (χ1v) is 8.68. The Morgan fingerprint density at radius 3 is 1.50 bits per heavy atom. The van der Waals surface area contributed by atoms with Crippen molar-refractivity contribution in [1.29, 1.82) is 0 Å². The van der Waals surface area contributed by atoms with Crippen LogP contribution in [0.25, 0.3) is 0 Å². The molecule has 0 bridgehead atoms. The monoisotopic (exact) mass is 312 g/mol. The first kappa shape index (κ1) is 20.7. The van der Waals surface area contributed by atoms with Gasteiger partial charge < -0.3 is 9.47 Å². The van der Waals surface area contributed by atoms with Crippen molar-refractivity contribution >= 4 is 11.9 Å². The van der Waals surface area contributed by atoms with Gasteiger partial charge in [-0.2, -0.15) is 0 Å². The van der Waals surface area contributed by atoms with E-state index in [-0.39, 0.29) is 11.9 Å². The molecule has 0 aliphatic carbocycles. The lowest BCUT2D eigenvalue weighted by atomic mass is 9.97. The third-order valence-corrected chi connectivity index (χ3v) is 3.47. The predicted molar refractivity (Wildman–Crippen MR) is 88.6 cm³/mol. The molecule has 0 amide bonds. The van der Waals surface area contributed by atoms with Gasteiger partial charge in [-0.3, -0.25) is 0 Å². The smallest absolute Gasteiger partial charge is 0.334 e. The van der Waals surface area contributed by atoms with Crippen molar-refractivity contribution in [1.82, 2.24) is 0 Å².